The van der Waals surface area contributed by atoms with Crippen LogP contribution in [0.5, 0.6) is 0 Å². The van der Waals surface area contributed by atoms with Crippen LogP contribution in [-0.4, -0.2) is 50.5 Å². The first-order valence-electron chi connectivity index (χ1n) is 10.7. The number of hydrogen-bond acceptors (Lipinski definition) is 6. The second-order valence-electron chi connectivity index (χ2n) is 7.92. The lowest BCUT2D eigenvalue weighted by Gasteiger charge is -2.28. The third kappa shape index (κ3) is 5.38. The SMILES string of the molecule is CC(C)Sc1nc(N2CCCCC2)c2cnn(CCNC(=O)c3cccc(Br)c3)c2n1. The molecule has 0 aliphatic carbocycles. The van der Waals surface area contributed by atoms with E-state index in [0.29, 0.717) is 23.9 Å². The Bertz CT molecular complexity index is 1060. The molecule has 0 atom stereocenters. The van der Waals surface area contributed by atoms with Gasteiger partial charge < -0.3 is 10.2 Å². The molecule has 0 bridgehead atoms. The summed E-state index contributed by atoms with van der Waals surface area (Å²) in [6, 6.07) is 7.37. The highest BCUT2D eigenvalue weighted by Crippen LogP contribution is 2.30. The standard InChI is InChI=1S/C22H27BrN6OS/c1-15(2)31-22-26-19(28-10-4-3-5-11-28)18-14-25-29(20(18)27-22)12-9-24-21(30)16-7-6-8-17(23)13-16/h6-8,13-15H,3-5,9-12H2,1-2H3,(H,24,30). The maximum atomic E-state index is 12.4. The first-order chi connectivity index (χ1) is 15.0. The van der Waals surface area contributed by atoms with Gasteiger partial charge in [0, 0.05) is 34.9 Å². The van der Waals surface area contributed by atoms with Crippen molar-refractivity contribution in [2.45, 2.75) is 50.1 Å². The van der Waals surface area contributed by atoms with Crippen LogP contribution in [0.2, 0.25) is 0 Å². The molecule has 0 unspecified atom stereocenters. The van der Waals surface area contributed by atoms with Gasteiger partial charge in [0.15, 0.2) is 10.8 Å². The Labute approximate surface area is 195 Å². The Morgan fingerprint density at radius 1 is 1.23 bits per heavy atom. The number of thioether (sulfide) groups is 1. The van der Waals surface area contributed by atoms with Gasteiger partial charge in [0.25, 0.3) is 5.91 Å². The summed E-state index contributed by atoms with van der Waals surface area (Å²) in [5.41, 5.74) is 1.46. The van der Waals surface area contributed by atoms with E-state index in [-0.39, 0.29) is 5.91 Å². The molecule has 1 aliphatic heterocycles. The van der Waals surface area contributed by atoms with Crippen LogP contribution < -0.4 is 10.2 Å². The molecular formula is C22H27BrN6OS. The molecular weight excluding hydrogens is 476 g/mol. The fourth-order valence-corrected chi connectivity index (χ4v) is 4.80. The van der Waals surface area contributed by atoms with Crippen molar-refractivity contribution in [1.29, 1.82) is 0 Å². The summed E-state index contributed by atoms with van der Waals surface area (Å²) in [5.74, 6) is 0.884. The number of benzene rings is 1. The maximum absolute atomic E-state index is 12.4. The lowest BCUT2D eigenvalue weighted by Crippen LogP contribution is -2.30. The molecule has 1 amide bonds. The number of nitrogens with one attached hydrogen (secondary N) is 1. The molecule has 4 rings (SSSR count). The number of hydrogen-bond donors (Lipinski definition) is 1. The summed E-state index contributed by atoms with van der Waals surface area (Å²) < 4.78 is 2.76. The Morgan fingerprint density at radius 2 is 2.03 bits per heavy atom. The first-order valence-corrected chi connectivity index (χ1v) is 12.4. The number of halogens is 1. The zero-order valence-corrected chi connectivity index (χ0v) is 20.2. The Kier molecular flexibility index (Phi) is 7.12. The minimum Gasteiger partial charge on any atom is -0.356 e. The fourth-order valence-electron chi connectivity index (χ4n) is 3.70. The number of amides is 1. The van der Waals surface area contributed by atoms with Crippen molar-refractivity contribution in [1.82, 2.24) is 25.1 Å². The van der Waals surface area contributed by atoms with Crippen molar-refractivity contribution in [3.05, 3.63) is 40.5 Å². The topological polar surface area (TPSA) is 75.9 Å². The number of aromatic nitrogens is 4. The molecule has 2 aromatic heterocycles. The average Bonchev–Trinajstić information content (AvgIpc) is 3.16. The van der Waals surface area contributed by atoms with Crippen molar-refractivity contribution in [2.24, 2.45) is 0 Å². The predicted octanol–water partition coefficient (Wildman–Crippen LogP) is 4.51. The third-order valence-corrected chi connectivity index (χ3v) is 6.51. The lowest BCUT2D eigenvalue weighted by molar-refractivity contribution is 0.0952. The van der Waals surface area contributed by atoms with E-state index in [2.05, 4.69) is 45.1 Å². The van der Waals surface area contributed by atoms with E-state index in [1.807, 2.05) is 29.1 Å². The molecule has 1 aromatic carbocycles. The fraction of sp³-hybridized carbons (Fsp3) is 0.455. The average molecular weight is 503 g/mol. The first kappa shape index (κ1) is 22.1. The molecule has 3 aromatic rings. The second kappa shape index (κ2) is 9.99. The van der Waals surface area contributed by atoms with Crippen molar-refractivity contribution in [3.8, 4) is 0 Å². The van der Waals surface area contributed by atoms with Gasteiger partial charge in [-0.2, -0.15) is 5.10 Å². The molecule has 0 saturated carbocycles. The van der Waals surface area contributed by atoms with Crippen molar-refractivity contribution < 1.29 is 4.79 Å². The normalized spacial score (nSPS) is 14.4. The molecule has 164 valence electrons. The molecule has 9 heteroatoms. The van der Waals surface area contributed by atoms with Gasteiger partial charge in [0.05, 0.1) is 18.1 Å². The Balaban J connectivity index is 1.54. The summed E-state index contributed by atoms with van der Waals surface area (Å²) in [7, 11) is 0. The molecule has 7 nitrogen and oxygen atoms in total. The van der Waals surface area contributed by atoms with Crippen LogP contribution in [0, 0.1) is 0 Å². The second-order valence-corrected chi connectivity index (χ2v) is 10.4. The highest BCUT2D eigenvalue weighted by atomic mass is 79.9. The van der Waals surface area contributed by atoms with Gasteiger partial charge in [-0.05, 0) is 37.5 Å². The van der Waals surface area contributed by atoms with E-state index >= 15 is 0 Å². The number of carbonyl (C=O) groups excluding carboxylic acids is 1. The highest BCUT2D eigenvalue weighted by Gasteiger charge is 2.20. The third-order valence-electron chi connectivity index (χ3n) is 5.15. The largest absolute Gasteiger partial charge is 0.356 e. The van der Waals surface area contributed by atoms with E-state index in [1.54, 1.807) is 17.8 Å². The van der Waals surface area contributed by atoms with E-state index in [9.17, 15) is 4.79 Å². The van der Waals surface area contributed by atoms with Crippen LogP contribution in [-0.2, 0) is 6.54 Å². The molecule has 1 saturated heterocycles. The van der Waals surface area contributed by atoms with E-state index in [1.165, 1.54) is 19.3 Å². The van der Waals surface area contributed by atoms with Gasteiger partial charge >= 0.3 is 0 Å². The summed E-state index contributed by atoms with van der Waals surface area (Å²) in [6.45, 7) is 7.35. The lowest BCUT2D eigenvalue weighted by atomic mass is 10.1. The van der Waals surface area contributed by atoms with Crippen LogP contribution in [0.15, 0.2) is 40.1 Å². The maximum Gasteiger partial charge on any atom is 0.251 e. The summed E-state index contributed by atoms with van der Waals surface area (Å²) in [4.78, 5) is 24.5. The predicted molar refractivity (Wildman–Crippen MR) is 129 cm³/mol. The summed E-state index contributed by atoms with van der Waals surface area (Å²) >= 11 is 5.07. The zero-order chi connectivity index (χ0) is 21.8. The number of piperidine rings is 1. The van der Waals surface area contributed by atoms with Crippen LogP contribution in [0.4, 0.5) is 5.82 Å². The van der Waals surface area contributed by atoms with Crippen molar-refractivity contribution >= 4 is 50.5 Å². The van der Waals surface area contributed by atoms with Gasteiger partial charge in [-0.1, -0.05) is 47.6 Å². The molecule has 1 aliphatic rings. The quantitative estimate of drug-likeness (QED) is 0.378. The van der Waals surface area contributed by atoms with E-state index < -0.39 is 0 Å². The zero-order valence-electron chi connectivity index (χ0n) is 17.8. The molecule has 0 radical (unpaired) electrons. The summed E-state index contributed by atoms with van der Waals surface area (Å²) in [5, 5.41) is 9.70. The van der Waals surface area contributed by atoms with Gasteiger partial charge in [0.2, 0.25) is 0 Å². The van der Waals surface area contributed by atoms with Gasteiger partial charge in [-0.15, -0.1) is 0 Å². The van der Waals surface area contributed by atoms with E-state index in [4.69, 9.17) is 9.97 Å². The number of rotatable bonds is 7. The highest BCUT2D eigenvalue weighted by molar-refractivity contribution is 9.10. The number of anilines is 1. The minimum absolute atomic E-state index is 0.0996. The number of carbonyl (C=O) groups is 1. The minimum atomic E-state index is -0.0996. The van der Waals surface area contributed by atoms with Crippen molar-refractivity contribution in [2.75, 3.05) is 24.5 Å². The smallest absolute Gasteiger partial charge is 0.251 e. The Hall–Kier alpha value is -2.13. The van der Waals surface area contributed by atoms with Crippen LogP contribution in [0.25, 0.3) is 11.0 Å². The van der Waals surface area contributed by atoms with Crippen LogP contribution in [0.3, 0.4) is 0 Å². The number of fused-ring (bicyclic) bond motifs is 1. The number of nitrogens with zero attached hydrogens (tertiary/aromatic N) is 5. The monoisotopic (exact) mass is 502 g/mol. The van der Waals surface area contributed by atoms with E-state index in [0.717, 1.165) is 39.6 Å². The Morgan fingerprint density at radius 3 is 2.77 bits per heavy atom. The summed E-state index contributed by atoms with van der Waals surface area (Å²) in [6.07, 6.45) is 5.51. The molecule has 31 heavy (non-hydrogen) atoms. The molecule has 1 fully saturated rings. The van der Waals surface area contributed by atoms with Crippen molar-refractivity contribution in [3.63, 3.8) is 0 Å². The van der Waals surface area contributed by atoms with Gasteiger partial charge in [0.1, 0.15) is 5.82 Å². The van der Waals surface area contributed by atoms with Gasteiger partial charge in [-0.3, -0.25) is 4.79 Å². The molecule has 1 N–H and O–H groups in total. The van der Waals surface area contributed by atoms with Gasteiger partial charge in [-0.25, -0.2) is 14.6 Å². The molecule has 3 heterocycles. The molecule has 0 spiro atoms. The van der Waals surface area contributed by atoms with Crippen LogP contribution in [0.1, 0.15) is 43.5 Å². The van der Waals surface area contributed by atoms with Crippen LogP contribution >= 0.6 is 27.7 Å².